The number of aryl methyl sites for hydroxylation is 2. The van der Waals surface area contributed by atoms with Crippen molar-refractivity contribution in [3.05, 3.63) is 21.7 Å². The zero-order valence-electron chi connectivity index (χ0n) is 10.3. The Labute approximate surface area is 107 Å². The number of H-pyrrole nitrogens is 1. The van der Waals surface area contributed by atoms with Crippen LogP contribution in [0.3, 0.4) is 0 Å². The van der Waals surface area contributed by atoms with E-state index in [1.54, 1.807) is 18.7 Å². The summed E-state index contributed by atoms with van der Waals surface area (Å²) in [5, 5.41) is 11.7. The van der Waals surface area contributed by atoms with Gasteiger partial charge < -0.3 is 0 Å². The summed E-state index contributed by atoms with van der Waals surface area (Å²) in [5.41, 5.74) is 0.933. The first kappa shape index (κ1) is 12.6. The molecule has 0 unspecified atom stereocenters. The Morgan fingerprint density at radius 1 is 1.50 bits per heavy atom. The summed E-state index contributed by atoms with van der Waals surface area (Å²) in [7, 11) is 1.75. The second-order valence-corrected chi connectivity index (χ2v) is 4.66. The lowest BCUT2D eigenvalue weighted by molar-refractivity contribution is 0.112. The number of nitrogens with one attached hydrogen (secondary N) is 1. The third-order valence-corrected chi connectivity index (χ3v) is 3.73. The van der Waals surface area contributed by atoms with Gasteiger partial charge in [0.1, 0.15) is 5.03 Å². The van der Waals surface area contributed by atoms with Gasteiger partial charge in [0.2, 0.25) is 0 Å². The van der Waals surface area contributed by atoms with E-state index < -0.39 is 0 Å². The van der Waals surface area contributed by atoms with Gasteiger partial charge in [-0.15, -0.1) is 5.10 Å². The van der Waals surface area contributed by atoms with Crippen LogP contribution in [0, 0.1) is 6.92 Å². The van der Waals surface area contributed by atoms with Gasteiger partial charge >= 0.3 is 5.69 Å². The van der Waals surface area contributed by atoms with E-state index in [1.165, 1.54) is 16.3 Å². The van der Waals surface area contributed by atoms with Gasteiger partial charge in [-0.1, -0.05) is 0 Å². The highest BCUT2D eigenvalue weighted by Gasteiger charge is 2.17. The highest BCUT2D eigenvalue weighted by molar-refractivity contribution is 7.99. The van der Waals surface area contributed by atoms with Crippen molar-refractivity contribution in [2.45, 2.75) is 30.6 Å². The monoisotopic (exact) mass is 267 g/mol. The Morgan fingerprint density at radius 2 is 2.22 bits per heavy atom. The number of carbonyl (C=O) groups excluding carboxylic acids is 1. The van der Waals surface area contributed by atoms with Gasteiger partial charge in [0, 0.05) is 13.6 Å². The molecule has 8 heteroatoms. The van der Waals surface area contributed by atoms with Gasteiger partial charge in [-0.25, -0.2) is 9.89 Å². The predicted molar refractivity (Wildman–Crippen MR) is 66.0 cm³/mol. The maximum Gasteiger partial charge on any atom is 0.343 e. The molecule has 96 valence electrons. The van der Waals surface area contributed by atoms with E-state index in [-0.39, 0.29) is 5.69 Å². The second-order valence-electron chi connectivity index (χ2n) is 3.70. The molecule has 0 fully saturated rings. The first-order chi connectivity index (χ1) is 8.58. The standard InChI is InChI=1S/C10H13N5O2S/c1-4-15-9(17)11-12-10(15)18-8-7(5-16)6(2)13-14(8)3/h5H,4H2,1-3H3,(H,11,17). The molecule has 7 nitrogen and oxygen atoms in total. The van der Waals surface area contributed by atoms with Crippen molar-refractivity contribution in [1.29, 1.82) is 0 Å². The molecule has 0 spiro atoms. The summed E-state index contributed by atoms with van der Waals surface area (Å²) in [5.74, 6) is 0. The molecule has 0 bridgehead atoms. The van der Waals surface area contributed by atoms with E-state index in [0.29, 0.717) is 28.0 Å². The number of aromatic nitrogens is 5. The molecule has 2 aromatic heterocycles. The van der Waals surface area contributed by atoms with Crippen LogP contribution in [0.5, 0.6) is 0 Å². The number of aldehydes is 1. The van der Waals surface area contributed by atoms with E-state index in [2.05, 4.69) is 15.3 Å². The first-order valence-electron chi connectivity index (χ1n) is 5.40. The van der Waals surface area contributed by atoms with Gasteiger partial charge in [-0.05, 0) is 25.6 Å². The second kappa shape index (κ2) is 4.81. The van der Waals surface area contributed by atoms with Crippen LogP contribution < -0.4 is 5.69 Å². The smallest absolute Gasteiger partial charge is 0.298 e. The number of aromatic amines is 1. The fraction of sp³-hybridized carbons (Fsp3) is 0.400. The lowest BCUT2D eigenvalue weighted by Gasteiger charge is -2.03. The van der Waals surface area contributed by atoms with Crippen LogP contribution in [-0.2, 0) is 13.6 Å². The highest BCUT2D eigenvalue weighted by atomic mass is 32.2. The normalized spacial score (nSPS) is 10.8. The van der Waals surface area contributed by atoms with Gasteiger partial charge in [-0.2, -0.15) is 5.10 Å². The molecular formula is C10H13N5O2S. The van der Waals surface area contributed by atoms with Crippen LogP contribution in [0.25, 0.3) is 0 Å². The third-order valence-electron chi connectivity index (χ3n) is 2.56. The fourth-order valence-corrected chi connectivity index (χ4v) is 2.72. The molecule has 0 amide bonds. The van der Waals surface area contributed by atoms with Crippen molar-refractivity contribution in [1.82, 2.24) is 24.5 Å². The largest absolute Gasteiger partial charge is 0.343 e. The maximum atomic E-state index is 11.4. The van der Waals surface area contributed by atoms with Crippen molar-refractivity contribution in [2.24, 2.45) is 7.05 Å². The molecule has 0 aliphatic carbocycles. The molecule has 0 radical (unpaired) electrons. The number of nitrogens with zero attached hydrogens (tertiary/aromatic N) is 4. The topological polar surface area (TPSA) is 85.6 Å². The van der Waals surface area contributed by atoms with E-state index in [9.17, 15) is 9.59 Å². The molecule has 2 rings (SSSR count). The van der Waals surface area contributed by atoms with Crippen molar-refractivity contribution in [2.75, 3.05) is 0 Å². The minimum atomic E-state index is -0.258. The van der Waals surface area contributed by atoms with Gasteiger partial charge in [0.25, 0.3) is 0 Å². The van der Waals surface area contributed by atoms with Crippen LogP contribution in [0.4, 0.5) is 0 Å². The average Bonchev–Trinajstić information content (AvgIpc) is 2.81. The molecule has 0 aromatic carbocycles. The van der Waals surface area contributed by atoms with Crippen molar-refractivity contribution in [3.8, 4) is 0 Å². The molecule has 1 N–H and O–H groups in total. The minimum Gasteiger partial charge on any atom is -0.298 e. The Kier molecular flexibility index (Phi) is 3.37. The molecule has 18 heavy (non-hydrogen) atoms. The number of hydrogen-bond donors (Lipinski definition) is 1. The van der Waals surface area contributed by atoms with Crippen LogP contribution >= 0.6 is 11.8 Å². The summed E-state index contributed by atoms with van der Waals surface area (Å²) in [6.07, 6.45) is 0.770. The number of rotatable bonds is 4. The molecule has 2 aromatic rings. The number of carbonyl (C=O) groups is 1. The SMILES string of the molecule is CCn1c(Sc2c(C=O)c(C)nn2C)n[nH]c1=O. The van der Waals surface area contributed by atoms with E-state index in [1.807, 2.05) is 6.92 Å². The van der Waals surface area contributed by atoms with Crippen LogP contribution in [0.15, 0.2) is 15.0 Å². The molecule has 0 saturated heterocycles. The Hall–Kier alpha value is -1.83. The van der Waals surface area contributed by atoms with E-state index >= 15 is 0 Å². The zero-order valence-corrected chi connectivity index (χ0v) is 11.1. The summed E-state index contributed by atoms with van der Waals surface area (Å²) in [6, 6.07) is 0. The quantitative estimate of drug-likeness (QED) is 0.820. The van der Waals surface area contributed by atoms with Crippen molar-refractivity contribution in [3.63, 3.8) is 0 Å². The predicted octanol–water partition coefficient (Wildman–Crippen LogP) is 0.597. The molecule has 0 atom stereocenters. The van der Waals surface area contributed by atoms with E-state index in [0.717, 1.165) is 6.29 Å². The van der Waals surface area contributed by atoms with Crippen LogP contribution in [-0.4, -0.2) is 30.8 Å². The minimum absolute atomic E-state index is 0.258. The third kappa shape index (κ3) is 1.99. The van der Waals surface area contributed by atoms with Crippen molar-refractivity contribution < 1.29 is 4.79 Å². The molecule has 0 aliphatic heterocycles. The zero-order chi connectivity index (χ0) is 13.3. The fourth-order valence-electron chi connectivity index (χ4n) is 1.66. The van der Waals surface area contributed by atoms with Crippen LogP contribution in [0.1, 0.15) is 23.0 Å². The van der Waals surface area contributed by atoms with Gasteiger partial charge in [0.15, 0.2) is 11.4 Å². The molecule has 0 saturated carbocycles. The highest BCUT2D eigenvalue weighted by Crippen LogP contribution is 2.28. The summed E-state index contributed by atoms with van der Waals surface area (Å²) in [6.45, 7) is 4.15. The summed E-state index contributed by atoms with van der Waals surface area (Å²) < 4.78 is 3.12. The Bertz CT molecular complexity index is 639. The Morgan fingerprint density at radius 3 is 2.83 bits per heavy atom. The maximum absolute atomic E-state index is 11.4. The average molecular weight is 267 g/mol. The lowest BCUT2D eigenvalue weighted by atomic mass is 10.3. The first-order valence-corrected chi connectivity index (χ1v) is 6.22. The molecular weight excluding hydrogens is 254 g/mol. The van der Waals surface area contributed by atoms with E-state index in [4.69, 9.17) is 0 Å². The molecule has 0 aliphatic rings. The Balaban J connectivity index is 2.45. The van der Waals surface area contributed by atoms with Gasteiger partial charge in [0.05, 0.1) is 11.3 Å². The summed E-state index contributed by atoms with van der Waals surface area (Å²) >= 11 is 1.25. The van der Waals surface area contributed by atoms with Crippen LogP contribution in [0.2, 0.25) is 0 Å². The van der Waals surface area contributed by atoms with Gasteiger partial charge in [-0.3, -0.25) is 14.0 Å². The summed E-state index contributed by atoms with van der Waals surface area (Å²) in [4.78, 5) is 22.5. The lowest BCUT2D eigenvalue weighted by Crippen LogP contribution is -2.16. The number of hydrogen-bond acceptors (Lipinski definition) is 5. The molecule has 2 heterocycles. The van der Waals surface area contributed by atoms with Crippen molar-refractivity contribution >= 4 is 18.0 Å².